The number of rotatable bonds is 4. The summed E-state index contributed by atoms with van der Waals surface area (Å²) in [6.07, 6.45) is 2.51. The number of halogens is 1. The quantitative estimate of drug-likeness (QED) is 0.669. The average Bonchev–Trinajstić information content (AvgIpc) is 2.86. The van der Waals surface area contributed by atoms with Crippen LogP contribution >= 0.6 is 15.9 Å². The van der Waals surface area contributed by atoms with Crippen LogP contribution in [0.2, 0.25) is 0 Å². The first-order valence-corrected chi connectivity index (χ1v) is 6.50. The number of methoxy groups -OCH3 is 1. The molecule has 0 saturated carbocycles. The normalized spacial score (nSPS) is 23.0. The second kappa shape index (κ2) is 5.77. The van der Waals surface area contributed by atoms with Gasteiger partial charge in [0, 0.05) is 18.3 Å². The number of carbonyl (C=O) groups is 1. The second-order valence-corrected chi connectivity index (χ2v) is 4.88. The highest BCUT2D eigenvalue weighted by Gasteiger charge is 2.39. The molecule has 0 radical (unpaired) electrons. The summed E-state index contributed by atoms with van der Waals surface area (Å²) in [5.41, 5.74) is 0.445. The van der Waals surface area contributed by atoms with E-state index in [1.807, 2.05) is 12.1 Å². The molecule has 1 aliphatic heterocycles. The summed E-state index contributed by atoms with van der Waals surface area (Å²) in [4.78, 5) is 15.4. The fraction of sp³-hybridized carbons (Fsp3) is 0.500. The highest BCUT2D eigenvalue weighted by Crippen LogP contribution is 2.35. The van der Waals surface area contributed by atoms with Crippen molar-refractivity contribution < 1.29 is 14.3 Å². The van der Waals surface area contributed by atoms with Crippen molar-refractivity contribution in [2.75, 3.05) is 26.8 Å². The largest absolute Gasteiger partial charge is 0.467 e. The highest BCUT2D eigenvalue weighted by molar-refractivity contribution is 9.10. The van der Waals surface area contributed by atoms with Crippen molar-refractivity contribution in [3.05, 3.63) is 28.5 Å². The molecule has 5 nitrogen and oxygen atoms in total. The molecule has 0 aromatic carbocycles. The Kier molecular flexibility index (Phi) is 4.31. The lowest BCUT2D eigenvalue weighted by Crippen LogP contribution is -2.35. The van der Waals surface area contributed by atoms with Gasteiger partial charge < -0.3 is 14.8 Å². The van der Waals surface area contributed by atoms with Crippen molar-refractivity contribution in [2.45, 2.75) is 12.0 Å². The maximum Gasteiger partial charge on any atom is 0.331 e. The molecule has 1 atom stereocenters. The van der Waals surface area contributed by atoms with Gasteiger partial charge in [-0.05, 0) is 35.0 Å². The van der Waals surface area contributed by atoms with Crippen molar-refractivity contribution in [2.24, 2.45) is 0 Å². The monoisotopic (exact) mass is 314 g/mol. The van der Waals surface area contributed by atoms with Crippen LogP contribution in [0.4, 0.5) is 0 Å². The van der Waals surface area contributed by atoms with Crippen LogP contribution in [-0.4, -0.2) is 37.8 Å². The van der Waals surface area contributed by atoms with E-state index >= 15 is 0 Å². The maximum absolute atomic E-state index is 11.2. The van der Waals surface area contributed by atoms with Crippen molar-refractivity contribution in [3.63, 3.8) is 0 Å². The first-order chi connectivity index (χ1) is 8.68. The molecule has 1 aromatic heterocycles. The lowest BCUT2D eigenvalue weighted by Gasteiger charge is -2.29. The van der Waals surface area contributed by atoms with Crippen LogP contribution in [0.25, 0.3) is 0 Å². The Labute approximate surface area is 114 Å². The third-order valence-corrected chi connectivity index (χ3v) is 3.69. The summed E-state index contributed by atoms with van der Waals surface area (Å²) in [5.74, 6) is -0.374. The molecule has 1 N–H and O–H groups in total. The minimum absolute atomic E-state index is 0.0560. The summed E-state index contributed by atoms with van der Waals surface area (Å²) in [6.45, 7) is 1.45. The number of aromatic nitrogens is 1. The van der Waals surface area contributed by atoms with Gasteiger partial charge >= 0.3 is 5.97 Å². The van der Waals surface area contributed by atoms with E-state index in [0.717, 1.165) is 23.1 Å². The molecule has 18 heavy (non-hydrogen) atoms. The topological polar surface area (TPSA) is 60.5 Å². The fourth-order valence-corrected chi connectivity index (χ4v) is 2.69. The minimum Gasteiger partial charge on any atom is -0.467 e. The number of hydrogen-bond donors (Lipinski definition) is 1. The smallest absolute Gasteiger partial charge is 0.331 e. The molecule has 0 bridgehead atoms. The Morgan fingerprint density at radius 2 is 2.50 bits per heavy atom. The van der Waals surface area contributed by atoms with Gasteiger partial charge in [0.15, 0.2) is 0 Å². The molecular weight excluding hydrogens is 300 g/mol. The van der Waals surface area contributed by atoms with Crippen LogP contribution in [0, 0.1) is 0 Å². The summed E-state index contributed by atoms with van der Waals surface area (Å²) in [6, 6.07) is 3.82. The SMILES string of the molecule is COC(=O)COC1(c2cccnc2Br)CCNC1. The molecule has 0 amide bonds. The van der Waals surface area contributed by atoms with E-state index in [4.69, 9.17) is 4.74 Å². The molecule has 98 valence electrons. The summed E-state index contributed by atoms with van der Waals surface area (Å²) in [5, 5.41) is 3.25. The number of esters is 1. The Bertz CT molecular complexity index is 433. The molecule has 1 unspecified atom stereocenters. The number of nitrogens with one attached hydrogen (secondary N) is 1. The van der Waals surface area contributed by atoms with Crippen LogP contribution in [0.1, 0.15) is 12.0 Å². The molecule has 1 fully saturated rings. The van der Waals surface area contributed by atoms with Crippen LogP contribution in [0.3, 0.4) is 0 Å². The van der Waals surface area contributed by atoms with E-state index in [1.54, 1.807) is 6.20 Å². The molecule has 6 heteroatoms. The number of nitrogens with zero attached hydrogens (tertiary/aromatic N) is 1. The van der Waals surface area contributed by atoms with E-state index in [-0.39, 0.29) is 12.6 Å². The third kappa shape index (κ3) is 2.71. The van der Waals surface area contributed by atoms with Gasteiger partial charge in [-0.25, -0.2) is 9.78 Å². The molecule has 2 heterocycles. The minimum atomic E-state index is -0.513. The Morgan fingerprint density at radius 1 is 1.67 bits per heavy atom. The van der Waals surface area contributed by atoms with Gasteiger partial charge in [-0.2, -0.15) is 0 Å². The zero-order valence-electron chi connectivity index (χ0n) is 10.1. The number of hydrogen-bond acceptors (Lipinski definition) is 5. The predicted octanol–water partition coefficient (Wildman–Crippen LogP) is 1.22. The molecule has 1 saturated heterocycles. The number of carbonyl (C=O) groups excluding carboxylic acids is 1. The van der Waals surface area contributed by atoms with Crippen molar-refractivity contribution in [1.82, 2.24) is 10.3 Å². The van der Waals surface area contributed by atoms with Gasteiger partial charge in [-0.1, -0.05) is 6.07 Å². The van der Waals surface area contributed by atoms with E-state index < -0.39 is 5.60 Å². The lowest BCUT2D eigenvalue weighted by molar-refractivity contribution is -0.153. The first kappa shape index (κ1) is 13.5. The van der Waals surface area contributed by atoms with Gasteiger partial charge in [0.25, 0.3) is 0 Å². The van der Waals surface area contributed by atoms with E-state index in [1.165, 1.54) is 7.11 Å². The second-order valence-electron chi connectivity index (χ2n) is 4.13. The molecule has 1 aromatic rings. The van der Waals surface area contributed by atoms with Crippen LogP contribution in [-0.2, 0) is 19.9 Å². The molecule has 1 aliphatic rings. The predicted molar refractivity (Wildman–Crippen MR) is 69.1 cm³/mol. The van der Waals surface area contributed by atoms with Gasteiger partial charge in [0.2, 0.25) is 0 Å². The van der Waals surface area contributed by atoms with Crippen molar-refractivity contribution >= 4 is 21.9 Å². The van der Waals surface area contributed by atoms with Gasteiger partial charge in [-0.3, -0.25) is 0 Å². The van der Waals surface area contributed by atoms with Gasteiger partial charge in [-0.15, -0.1) is 0 Å². The third-order valence-electron chi connectivity index (χ3n) is 3.06. The Balaban J connectivity index is 2.22. The maximum atomic E-state index is 11.2. The zero-order chi connectivity index (χ0) is 13.0. The molecule has 2 rings (SSSR count). The number of ether oxygens (including phenoxy) is 2. The van der Waals surface area contributed by atoms with Crippen molar-refractivity contribution in [1.29, 1.82) is 0 Å². The standard InChI is InChI=1S/C12H15BrN2O3/c1-17-10(16)7-18-12(4-6-14-8-12)9-3-2-5-15-11(9)13/h2-3,5,14H,4,6-8H2,1H3. The van der Waals surface area contributed by atoms with E-state index in [0.29, 0.717) is 6.54 Å². The van der Waals surface area contributed by atoms with E-state index in [2.05, 4.69) is 31.0 Å². The van der Waals surface area contributed by atoms with Gasteiger partial charge in [0.05, 0.1) is 7.11 Å². The first-order valence-electron chi connectivity index (χ1n) is 5.70. The van der Waals surface area contributed by atoms with Crippen molar-refractivity contribution in [3.8, 4) is 0 Å². The zero-order valence-corrected chi connectivity index (χ0v) is 11.7. The average molecular weight is 315 g/mol. The Hall–Kier alpha value is -0.980. The summed E-state index contributed by atoms with van der Waals surface area (Å²) >= 11 is 3.43. The fourth-order valence-electron chi connectivity index (χ4n) is 2.08. The highest BCUT2D eigenvalue weighted by atomic mass is 79.9. The molecule has 0 aliphatic carbocycles. The van der Waals surface area contributed by atoms with E-state index in [9.17, 15) is 4.79 Å². The van der Waals surface area contributed by atoms with Gasteiger partial charge in [0.1, 0.15) is 16.8 Å². The van der Waals surface area contributed by atoms with Crippen LogP contribution < -0.4 is 5.32 Å². The summed E-state index contributed by atoms with van der Waals surface area (Å²) in [7, 11) is 1.35. The van der Waals surface area contributed by atoms with Crippen LogP contribution in [0.15, 0.2) is 22.9 Å². The molecule has 0 spiro atoms. The Morgan fingerprint density at radius 3 is 3.11 bits per heavy atom. The number of pyridine rings is 1. The molecular formula is C12H15BrN2O3. The lowest BCUT2D eigenvalue weighted by atomic mass is 9.94. The summed E-state index contributed by atoms with van der Waals surface area (Å²) < 4.78 is 11.2. The van der Waals surface area contributed by atoms with Crippen LogP contribution in [0.5, 0.6) is 0 Å².